The molecule has 0 spiro atoms. The first kappa shape index (κ1) is 34.1. The largest absolute Gasteiger partial charge is 1.00 e. The smallest absolute Gasteiger partial charge is 0.747 e. The first-order valence-corrected chi connectivity index (χ1v) is 9.13. The van der Waals surface area contributed by atoms with Crippen molar-refractivity contribution in [1.29, 1.82) is 0 Å². The van der Waals surface area contributed by atoms with Gasteiger partial charge in [0.05, 0.1) is 16.1 Å². The molecule has 0 aromatic carbocycles. The fourth-order valence-corrected chi connectivity index (χ4v) is 3.56. The molecule has 0 rings (SSSR count). The summed E-state index contributed by atoms with van der Waals surface area (Å²) >= 11 is 0. The van der Waals surface area contributed by atoms with Gasteiger partial charge in [0.15, 0.2) is 0 Å². The van der Waals surface area contributed by atoms with Crippen molar-refractivity contribution >= 4 is 30.4 Å². The summed E-state index contributed by atoms with van der Waals surface area (Å²) in [4.78, 5) is 0.0486. The Hall–Kier alpha value is 4.60. The van der Waals surface area contributed by atoms with E-state index in [1.54, 1.807) is 0 Å². The molecule has 0 aliphatic heterocycles. The maximum absolute atomic E-state index is 10.8. The van der Waals surface area contributed by atoms with Gasteiger partial charge < -0.3 is 13.7 Å². The van der Waals surface area contributed by atoms with Crippen molar-refractivity contribution in [3.8, 4) is 0 Å². The first-order chi connectivity index (χ1) is 8.10. The van der Waals surface area contributed by atoms with E-state index < -0.39 is 46.5 Å². The number of hydrogen-bond acceptors (Lipinski definition) is 10. The molecule has 0 radical (unpaired) electrons. The summed E-state index contributed by atoms with van der Waals surface area (Å²) in [6.45, 7) is 2.06. The van der Waals surface area contributed by atoms with Crippen LogP contribution in [0.1, 0.15) is 20.8 Å². The van der Waals surface area contributed by atoms with Gasteiger partial charge in [-0.1, -0.05) is 0 Å². The predicted octanol–water partition coefficient (Wildman–Crippen LogP) is -11.0. The summed E-state index contributed by atoms with van der Waals surface area (Å²) < 4.78 is 97.6. The van der Waals surface area contributed by atoms with E-state index in [1.165, 1.54) is 0 Å². The van der Waals surface area contributed by atoms with Gasteiger partial charge in [0.25, 0.3) is 0 Å². The summed E-state index contributed by atoms with van der Waals surface area (Å²) in [5, 5.41) is -6.53. The van der Waals surface area contributed by atoms with Crippen LogP contribution in [0.5, 0.6) is 0 Å². The molecule has 0 saturated carbocycles. The standard InChI is InChI=1S/C6H15NO9S3.3K/c1-4(17(8,9)10)7(5(2)18(11,12)13)6(3)19(14,15)16;;;/h4-6H,1-3H3,(H,8,9,10)(H,11,12,13)(H,14,15,16);;;/q;3*+1/p-3. The van der Waals surface area contributed by atoms with Crippen LogP contribution >= 0.6 is 0 Å². The van der Waals surface area contributed by atoms with Crippen LogP contribution in [-0.4, -0.2) is 59.9 Å². The molecule has 16 heteroatoms. The van der Waals surface area contributed by atoms with Gasteiger partial charge in [0, 0.05) is 0 Å². The molecule has 10 nitrogen and oxygen atoms in total. The van der Waals surface area contributed by atoms with Gasteiger partial charge in [-0.25, -0.2) is 25.3 Å². The van der Waals surface area contributed by atoms with E-state index in [2.05, 4.69) is 0 Å². The van der Waals surface area contributed by atoms with E-state index in [1.807, 2.05) is 0 Å². The zero-order chi connectivity index (χ0) is 15.8. The van der Waals surface area contributed by atoms with Crippen LogP contribution in [0.3, 0.4) is 0 Å². The van der Waals surface area contributed by atoms with Crippen LogP contribution in [0.2, 0.25) is 0 Å². The topological polar surface area (TPSA) is 175 Å². The fourth-order valence-electron chi connectivity index (χ4n) is 1.33. The molecule has 0 aromatic rings. The molecule has 0 aliphatic rings. The number of rotatable bonds is 6. The minimum absolute atomic E-state index is 0. The van der Waals surface area contributed by atoms with Crippen molar-refractivity contribution in [3.05, 3.63) is 0 Å². The van der Waals surface area contributed by atoms with Gasteiger partial charge in [-0.2, -0.15) is 0 Å². The zero-order valence-corrected chi connectivity index (χ0v) is 24.9. The quantitative estimate of drug-likeness (QED) is 0.276. The van der Waals surface area contributed by atoms with Gasteiger partial charge >= 0.3 is 154 Å². The molecule has 0 aromatic heterocycles. The molecular formula is C6H12K3NO9S3. The fraction of sp³-hybridized carbons (Fsp3) is 1.00. The Labute approximate surface area is 258 Å². The van der Waals surface area contributed by atoms with E-state index >= 15 is 0 Å². The van der Waals surface area contributed by atoms with E-state index in [-0.39, 0.29) is 159 Å². The molecule has 0 heterocycles. The normalized spacial score (nSPS) is 16.5. The third-order valence-electron chi connectivity index (χ3n) is 2.51. The Morgan fingerprint density at radius 2 is 0.727 bits per heavy atom. The van der Waals surface area contributed by atoms with E-state index in [9.17, 15) is 38.9 Å². The van der Waals surface area contributed by atoms with E-state index in [0.29, 0.717) is 20.8 Å². The average molecular weight is 456 g/mol. The molecule has 0 saturated heterocycles. The summed E-state index contributed by atoms with van der Waals surface area (Å²) in [6.07, 6.45) is 0. The second kappa shape index (κ2) is 12.9. The first-order valence-electron chi connectivity index (χ1n) is 4.71. The van der Waals surface area contributed by atoms with Crippen molar-refractivity contribution < 1.29 is 193 Å². The maximum Gasteiger partial charge on any atom is 1.00 e. The summed E-state index contributed by atoms with van der Waals surface area (Å²) in [6, 6.07) is 0. The third-order valence-corrected chi connectivity index (χ3v) is 5.75. The minimum atomic E-state index is -5.14. The Bertz CT molecular complexity index is 541. The summed E-state index contributed by atoms with van der Waals surface area (Å²) in [5.41, 5.74) is 0. The molecular weight excluding hydrogens is 444 g/mol. The molecule has 0 aliphatic carbocycles. The zero-order valence-electron chi connectivity index (χ0n) is 13.1. The SMILES string of the molecule is CC(N(C(C)S(=O)(=O)[O-])C(C)S(=O)(=O)[O-])S(=O)(=O)[O-].[K+].[K+].[K+]. The molecule has 22 heavy (non-hydrogen) atoms. The van der Waals surface area contributed by atoms with Crippen LogP contribution in [0.15, 0.2) is 0 Å². The van der Waals surface area contributed by atoms with Crippen LogP contribution in [0.25, 0.3) is 0 Å². The summed E-state index contributed by atoms with van der Waals surface area (Å²) in [5.74, 6) is 0. The molecule has 0 fully saturated rings. The summed E-state index contributed by atoms with van der Waals surface area (Å²) in [7, 11) is -15.4. The van der Waals surface area contributed by atoms with Crippen molar-refractivity contribution in [3.63, 3.8) is 0 Å². The second-order valence-electron chi connectivity index (χ2n) is 3.72. The van der Waals surface area contributed by atoms with E-state index in [0.717, 1.165) is 0 Å². The molecule has 0 bridgehead atoms. The molecule has 116 valence electrons. The van der Waals surface area contributed by atoms with Crippen molar-refractivity contribution in [2.45, 2.75) is 36.9 Å². The van der Waals surface area contributed by atoms with Crippen LogP contribution in [-0.2, 0) is 30.4 Å². The molecule has 3 atom stereocenters. The van der Waals surface area contributed by atoms with Gasteiger partial charge in [-0.15, -0.1) is 0 Å². The van der Waals surface area contributed by atoms with Crippen molar-refractivity contribution in [2.24, 2.45) is 0 Å². The number of hydrogen-bond donors (Lipinski definition) is 0. The van der Waals surface area contributed by atoms with Gasteiger partial charge in [-0.3, -0.25) is 4.90 Å². The van der Waals surface area contributed by atoms with Crippen molar-refractivity contribution in [1.82, 2.24) is 4.90 Å². The molecule has 3 unspecified atom stereocenters. The van der Waals surface area contributed by atoms with Gasteiger partial charge in [-0.05, 0) is 20.8 Å². The van der Waals surface area contributed by atoms with Crippen LogP contribution in [0, 0.1) is 0 Å². The minimum Gasteiger partial charge on any atom is -0.747 e. The Morgan fingerprint density at radius 1 is 0.591 bits per heavy atom. The van der Waals surface area contributed by atoms with Crippen molar-refractivity contribution in [2.75, 3.05) is 0 Å². The maximum atomic E-state index is 10.8. The monoisotopic (exact) mass is 455 g/mol. The van der Waals surface area contributed by atoms with Crippen LogP contribution in [0.4, 0.5) is 0 Å². The average Bonchev–Trinajstić information content (AvgIpc) is 2.13. The Kier molecular flexibility index (Phi) is 20.1. The second-order valence-corrected chi connectivity index (χ2v) is 8.73. The van der Waals surface area contributed by atoms with Crippen LogP contribution < -0.4 is 154 Å². The molecule has 0 amide bonds. The number of nitrogens with zero attached hydrogens (tertiary/aromatic N) is 1. The third kappa shape index (κ3) is 11.4. The van der Waals surface area contributed by atoms with Gasteiger partial charge in [0.2, 0.25) is 0 Å². The Balaban J connectivity index is -0.000000540. The Morgan fingerprint density at radius 3 is 0.818 bits per heavy atom. The molecule has 0 N–H and O–H groups in total. The van der Waals surface area contributed by atoms with Gasteiger partial charge in [0.1, 0.15) is 30.4 Å². The van der Waals surface area contributed by atoms with E-state index in [4.69, 9.17) is 0 Å². The predicted molar refractivity (Wildman–Crippen MR) is 59.3 cm³/mol.